The first-order valence-corrected chi connectivity index (χ1v) is 7.74. The van der Waals surface area contributed by atoms with Gasteiger partial charge in [0, 0.05) is 35.1 Å². The maximum Gasteiger partial charge on any atom is 0.0565 e. The van der Waals surface area contributed by atoms with E-state index in [-0.39, 0.29) is 0 Å². The molecule has 1 aromatic rings. The lowest BCUT2D eigenvalue weighted by molar-refractivity contribution is 0.320. The fourth-order valence-corrected chi connectivity index (χ4v) is 3.59. The lowest BCUT2D eigenvalue weighted by Gasteiger charge is -2.23. The van der Waals surface area contributed by atoms with Crippen LogP contribution in [0.25, 0.3) is 0 Å². The van der Waals surface area contributed by atoms with Crippen LogP contribution in [-0.2, 0) is 0 Å². The highest BCUT2D eigenvalue weighted by Gasteiger charge is 2.33. The molecule has 0 bridgehead atoms. The van der Waals surface area contributed by atoms with E-state index in [1.54, 1.807) is 0 Å². The molecule has 0 aliphatic carbocycles. The summed E-state index contributed by atoms with van der Waals surface area (Å²) >= 11 is 5.44. The lowest BCUT2D eigenvalue weighted by atomic mass is 10.2. The molecule has 2 atom stereocenters. The van der Waals surface area contributed by atoms with Crippen LogP contribution in [0.1, 0.15) is 0 Å². The highest BCUT2D eigenvalue weighted by atomic mass is 79.9. The fraction of sp³-hybridized carbons (Fsp3) is 0.583. The summed E-state index contributed by atoms with van der Waals surface area (Å²) in [5.41, 5.74) is 1.21. The largest absolute Gasteiger partial charge is 0.367 e. The van der Waals surface area contributed by atoms with Crippen LogP contribution in [0.4, 0.5) is 5.69 Å². The van der Waals surface area contributed by atoms with Gasteiger partial charge in [0.2, 0.25) is 0 Å². The summed E-state index contributed by atoms with van der Waals surface area (Å²) in [4.78, 5) is 8.99. The Kier molecular flexibility index (Phi) is 4.33. The monoisotopic (exact) mass is 315 g/mol. The molecule has 3 nitrogen and oxygen atoms in total. The average molecular weight is 316 g/mol. The van der Waals surface area contributed by atoms with Crippen LogP contribution in [0.3, 0.4) is 0 Å². The van der Waals surface area contributed by atoms with Crippen LogP contribution in [0, 0.1) is 0 Å². The summed E-state index contributed by atoms with van der Waals surface area (Å²) in [5, 5.41) is 0.670. The smallest absolute Gasteiger partial charge is 0.0565 e. The van der Waals surface area contributed by atoms with E-state index in [1.807, 2.05) is 24.2 Å². The Bertz CT molecular complexity index is 386. The molecule has 1 fully saturated rings. The Hall–Kier alpha value is -0.260. The minimum atomic E-state index is 0.615. The predicted molar refractivity (Wildman–Crippen MR) is 78.9 cm³/mol. The van der Waals surface area contributed by atoms with Crippen LogP contribution in [0.5, 0.6) is 0 Å². The Morgan fingerprint density at radius 3 is 2.71 bits per heavy atom. The van der Waals surface area contributed by atoms with Crippen molar-refractivity contribution in [3.8, 4) is 0 Å². The number of aromatic nitrogens is 1. The van der Waals surface area contributed by atoms with E-state index < -0.39 is 0 Å². The minimum absolute atomic E-state index is 0.615. The zero-order valence-electron chi connectivity index (χ0n) is 10.4. The molecule has 94 valence electrons. The first-order valence-electron chi connectivity index (χ1n) is 5.66. The number of rotatable bonds is 3. The second-order valence-electron chi connectivity index (χ2n) is 4.57. The third-order valence-electron chi connectivity index (χ3n) is 3.26. The van der Waals surface area contributed by atoms with Crippen LogP contribution in [0.15, 0.2) is 22.9 Å². The van der Waals surface area contributed by atoms with E-state index in [4.69, 9.17) is 0 Å². The molecule has 1 saturated heterocycles. The highest BCUT2D eigenvalue weighted by Crippen LogP contribution is 2.29. The SMILES string of the molecule is CS[C@@H]1CN(c2cncc(Br)c2)C[C@@H]1N(C)C. The second-order valence-corrected chi connectivity index (χ2v) is 6.56. The zero-order chi connectivity index (χ0) is 12.4. The van der Waals surface area contributed by atoms with Gasteiger partial charge in [-0.25, -0.2) is 0 Å². The van der Waals surface area contributed by atoms with Crippen molar-refractivity contribution in [2.75, 3.05) is 38.3 Å². The average Bonchev–Trinajstić information content (AvgIpc) is 2.73. The van der Waals surface area contributed by atoms with Crippen molar-refractivity contribution in [3.63, 3.8) is 0 Å². The number of pyridine rings is 1. The molecule has 0 saturated carbocycles. The van der Waals surface area contributed by atoms with E-state index in [0.717, 1.165) is 17.6 Å². The first-order chi connectivity index (χ1) is 8.11. The number of thioether (sulfide) groups is 1. The van der Waals surface area contributed by atoms with E-state index in [0.29, 0.717) is 11.3 Å². The molecule has 0 amide bonds. The van der Waals surface area contributed by atoms with Crippen molar-refractivity contribution < 1.29 is 0 Å². The summed E-state index contributed by atoms with van der Waals surface area (Å²) in [6.45, 7) is 2.18. The van der Waals surface area contributed by atoms with Crippen molar-refractivity contribution in [3.05, 3.63) is 22.9 Å². The summed E-state index contributed by atoms with van der Waals surface area (Å²) in [5.74, 6) is 0. The normalized spacial score (nSPS) is 24.6. The Labute approximate surface area is 116 Å². The van der Waals surface area contributed by atoms with Crippen LogP contribution < -0.4 is 4.90 Å². The molecule has 2 rings (SSSR count). The van der Waals surface area contributed by atoms with Crippen molar-refractivity contribution >= 4 is 33.4 Å². The number of anilines is 1. The maximum absolute atomic E-state index is 4.24. The van der Waals surface area contributed by atoms with Gasteiger partial charge in [0.25, 0.3) is 0 Å². The fourth-order valence-electron chi connectivity index (χ4n) is 2.27. The maximum atomic E-state index is 4.24. The molecule has 0 N–H and O–H groups in total. The first kappa shape index (κ1) is 13.2. The predicted octanol–water partition coefficient (Wildman–Crippen LogP) is 2.33. The van der Waals surface area contributed by atoms with Gasteiger partial charge in [-0.2, -0.15) is 11.8 Å². The third kappa shape index (κ3) is 2.95. The number of nitrogens with zero attached hydrogens (tertiary/aromatic N) is 3. The van der Waals surface area contributed by atoms with Crippen molar-refractivity contribution in [1.82, 2.24) is 9.88 Å². The van der Waals surface area contributed by atoms with E-state index in [9.17, 15) is 0 Å². The van der Waals surface area contributed by atoms with Gasteiger partial charge in [-0.05, 0) is 42.3 Å². The van der Waals surface area contributed by atoms with Gasteiger partial charge in [0.15, 0.2) is 0 Å². The van der Waals surface area contributed by atoms with Crippen molar-refractivity contribution in [2.24, 2.45) is 0 Å². The molecule has 0 spiro atoms. The van der Waals surface area contributed by atoms with Crippen molar-refractivity contribution in [2.45, 2.75) is 11.3 Å². The van der Waals surface area contributed by atoms with Gasteiger partial charge in [0.05, 0.1) is 11.9 Å². The molecule has 5 heteroatoms. The summed E-state index contributed by atoms with van der Waals surface area (Å²) in [6.07, 6.45) is 5.97. The second kappa shape index (κ2) is 5.59. The molecular weight excluding hydrogens is 298 g/mol. The Morgan fingerprint density at radius 1 is 1.41 bits per heavy atom. The molecule has 0 radical (unpaired) electrons. The number of likely N-dealkylation sites (N-methyl/N-ethyl adjacent to an activating group) is 1. The number of hydrogen-bond acceptors (Lipinski definition) is 4. The molecule has 17 heavy (non-hydrogen) atoms. The van der Waals surface area contributed by atoms with Gasteiger partial charge >= 0.3 is 0 Å². The number of hydrogen-bond donors (Lipinski definition) is 0. The quantitative estimate of drug-likeness (QED) is 0.852. The van der Waals surface area contributed by atoms with Crippen LogP contribution >= 0.6 is 27.7 Å². The van der Waals surface area contributed by atoms with Gasteiger partial charge in [-0.3, -0.25) is 4.98 Å². The van der Waals surface area contributed by atoms with E-state index in [2.05, 4.69) is 57.1 Å². The van der Waals surface area contributed by atoms with E-state index in [1.165, 1.54) is 5.69 Å². The number of halogens is 1. The van der Waals surface area contributed by atoms with E-state index >= 15 is 0 Å². The molecule has 1 aliphatic heterocycles. The third-order valence-corrected chi connectivity index (χ3v) is 4.76. The molecular formula is C12H18BrN3S. The summed E-state index contributed by atoms with van der Waals surface area (Å²) < 4.78 is 1.05. The minimum Gasteiger partial charge on any atom is -0.367 e. The molecule has 1 aromatic heterocycles. The van der Waals surface area contributed by atoms with Crippen molar-refractivity contribution in [1.29, 1.82) is 0 Å². The van der Waals surface area contributed by atoms with Gasteiger partial charge in [0.1, 0.15) is 0 Å². The van der Waals surface area contributed by atoms with Crippen LogP contribution in [-0.4, -0.2) is 54.6 Å². The van der Waals surface area contributed by atoms with Crippen LogP contribution in [0.2, 0.25) is 0 Å². The molecule has 0 aromatic carbocycles. The lowest BCUT2D eigenvalue weighted by Crippen LogP contribution is -2.36. The Morgan fingerprint density at radius 2 is 2.18 bits per heavy atom. The summed E-state index contributed by atoms with van der Waals surface area (Å²) in [7, 11) is 4.33. The summed E-state index contributed by atoms with van der Waals surface area (Å²) in [6, 6.07) is 2.76. The molecule has 2 heterocycles. The topological polar surface area (TPSA) is 19.4 Å². The zero-order valence-corrected chi connectivity index (χ0v) is 12.8. The standard InChI is InChI=1S/C12H18BrN3S/c1-15(2)11-7-16(8-12(11)17-3)10-4-9(13)5-14-6-10/h4-6,11-12H,7-8H2,1-3H3/t11-,12+/m0/s1. The molecule has 0 unspecified atom stereocenters. The Balaban J connectivity index is 2.15. The van der Waals surface area contributed by atoms with Gasteiger partial charge in [-0.1, -0.05) is 0 Å². The molecule has 1 aliphatic rings. The highest BCUT2D eigenvalue weighted by molar-refractivity contribution is 9.10. The van der Waals surface area contributed by atoms with Gasteiger partial charge < -0.3 is 9.80 Å². The van der Waals surface area contributed by atoms with Gasteiger partial charge in [-0.15, -0.1) is 0 Å².